The Morgan fingerprint density at radius 2 is 1.76 bits per heavy atom. The van der Waals surface area contributed by atoms with Crippen molar-refractivity contribution < 1.29 is 4.79 Å². The number of nitrogens with zero attached hydrogens (tertiary/aromatic N) is 2. The first-order valence-electron chi connectivity index (χ1n) is 9.16. The highest BCUT2D eigenvalue weighted by molar-refractivity contribution is 6.30. The monoisotopic (exact) mass is 412 g/mol. The maximum Gasteiger partial charge on any atom is 0.330 e. The fraction of sp³-hybridized carbons (Fsp3) is 0.190. The average Bonchev–Trinajstić information content (AvgIpc) is 2.71. The number of benzene rings is 2. The molecule has 0 aliphatic heterocycles. The van der Waals surface area contributed by atoms with Gasteiger partial charge < -0.3 is 10.6 Å². The van der Waals surface area contributed by atoms with Crippen molar-refractivity contribution in [3.8, 4) is 0 Å². The molecule has 0 bridgehead atoms. The van der Waals surface area contributed by atoms with Crippen LogP contribution in [-0.2, 0) is 6.54 Å². The molecule has 1 amide bonds. The summed E-state index contributed by atoms with van der Waals surface area (Å²) in [5, 5.41) is 0.498. The fourth-order valence-electron chi connectivity index (χ4n) is 3.05. The minimum Gasteiger partial charge on any atom is -0.383 e. The number of anilines is 2. The minimum atomic E-state index is -0.701. The molecule has 2 aromatic carbocycles. The number of nitrogens with one attached hydrogen (secondary N) is 1. The summed E-state index contributed by atoms with van der Waals surface area (Å²) in [6.07, 6.45) is 0.593. The second-order valence-electron chi connectivity index (χ2n) is 6.53. The van der Waals surface area contributed by atoms with Crippen molar-refractivity contribution in [2.75, 3.05) is 17.2 Å². The number of aromatic nitrogens is 2. The van der Waals surface area contributed by atoms with Crippen LogP contribution >= 0.6 is 11.6 Å². The molecular formula is C21H21ClN4O3. The Morgan fingerprint density at radius 1 is 1.10 bits per heavy atom. The van der Waals surface area contributed by atoms with E-state index in [2.05, 4.69) is 4.98 Å². The first kappa shape index (κ1) is 20.4. The quantitative estimate of drug-likeness (QED) is 0.649. The SMILES string of the molecule is CCCN(C(=O)c1ccc(Cl)cc1)c1c(N)n(Cc2ccccc2)c(=O)[nH]c1=O. The highest BCUT2D eigenvalue weighted by atomic mass is 35.5. The predicted molar refractivity (Wildman–Crippen MR) is 115 cm³/mol. The summed E-state index contributed by atoms with van der Waals surface area (Å²) >= 11 is 5.90. The van der Waals surface area contributed by atoms with E-state index in [1.165, 1.54) is 9.47 Å². The number of halogens is 1. The second kappa shape index (κ2) is 8.79. The van der Waals surface area contributed by atoms with Gasteiger partial charge in [0.05, 0.1) is 6.54 Å². The summed E-state index contributed by atoms with van der Waals surface area (Å²) in [4.78, 5) is 41.7. The van der Waals surface area contributed by atoms with Crippen LogP contribution in [0.5, 0.6) is 0 Å². The number of carbonyl (C=O) groups is 1. The molecule has 1 aromatic heterocycles. The maximum absolute atomic E-state index is 13.1. The van der Waals surface area contributed by atoms with E-state index in [1.807, 2.05) is 37.3 Å². The third kappa shape index (κ3) is 4.41. The van der Waals surface area contributed by atoms with Crippen molar-refractivity contribution in [3.05, 3.63) is 91.6 Å². The lowest BCUT2D eigenvalue weighted by Gasteiger charge is -2.24. The molecule has 29 heavy (non-hydrogen) atoms. The van der Waals surface area contributed by atoms with Gasteiger partial charge in [-0.15, -0.1) is 0 Å². The van der Waals surface area contributed by atoms with Gasteiger partial charge in [0.25, 0.3) is 11.5 Å². The predicted octanol–water partition coefficient (Wildman–Crippen LogP) is 2.88. The molecule has 0 spiro atoms. The second-order valence-corrected chi connectivity index (χ2v) is 6.96. The van der Waals surface area contributed by atoms with Crippen LogP contribution < -0.4 is 21.9 Å². The van der Waals surface area contributed by atoms with Crippen LogP contribution in [0.3, 0.4) is 0 Å². The molecule has 7 nitrogen and oxygen atoms in total. The molecule has 1 heterocycles. The zero-order chi connectivity index (χ0) is 21.0. The summed E-state index contributed by atoms with van der Waals surface area (Å²) in [6, 6.07) is 15.6. The maximum atomic E-state index is 13.1. The highest BCUT2D eigenvalue weighted by Crippen LogP contribution is 2.21. The van der Waals surface area contributed by atoms with E-state index in [0.29, 0.717) is 17.0 Å². The molecule has 0 saturated heterocycles. The Hall–Kier alpha value is -3.32. The zero-order valence-corrected chi connectivity index (χ0v) is 16.6. The number of carbonyl (C=O) groups excluding carboxylic acids is 1. The van der Waals surface area contributed by atoms with Crippen LogP contribution in [0, 0.1) is 0 Å². The first-order valence-corrected chi connectivity index (χ1v) is 9.54. The molecule has 0 aliphatic rings. The van der Waals surface area contributed by atoms with Crippen molar-refractivity contribution in [2.45, 2.75) is 19.9 Å². The van der Waals surface area contributed by atoms with Gasteiger partial charge in [0, 0.05) is 17.1 Å². The molecule has 0 unspecified atom stereocenters. The van der Waals surface area contributed by atoms with Crippen LogP contribution in [0.4, 0.5) is 11.5 Å². The molecule has 0 fully saturated rings. The Balaban J connectivity index is 2.09. The molecule has 150 valence electrons. The number of amides is 1. The van der Waals surface area contributed by atoms with E-state index < -0.39 is 17.2 Å². The Labute approximate surface area is 172 Å². The van der Waals surface area contributed by atoms with Crippen molar-refractivity contribution in [2.24, 2.45) is 0 Å². The van der Waals surface area contributed by atoms with Gasteiger partial charge in [-0.2, -0.15) is 0 Å². The van der Waals surface area contributed by atoms with Gasteiger partial charge in [-0.05, 0) is 36.2 Å². The summed E-state index contributed by atoms with van der Waals surface area (Å²) in [5.74, 6) is -0.455. The lowest BCUT2D eigenvalue weighted by Crippen LogP contribution is -2.41. The van der Waals surface area contributed by atoms with Crippen LogP contribution in [-0.4, -0.2) is 22.0 Å². The van der Waals surface area contributed by atoms with E-state index in [4.69, 9.17) is 17.3 Å². The Bertz CT molecular complexity index is 1120. The number of hydrogen-bond donors (Lipinski definition) is 2. The van der Waals surface area contributed by atoms with Gasteiger partial charge in [0.1, 0.15) is 5.82 Å². The number of hydrogen-bond acceptors (Lipinski definition) is 4. The van der Waals surface area contributed by atoms with E-state index in [9.17, 15) is 14.4 Å². The van der Waals surface area contributed by atoms with E-state index in [1.54, 1.807) is 24.3 Å². The number of nitrogen functional groups attached to an aromatic ring is 1. The first-order chi connectivity index (χ1) is 13.9. The lowest BCUT2D eigenvalue weighted by atomic mass is 10.1. The molecule has 3 aromatic rings. The normalized spacial score (nSPS) is 10.7. The van der Waals surface area contributed by atoms with Crippen molar-refractivity contribution >= 4 is 29.0 Å². The molecule has 3 N–H and O–H groups in total. The third-order valence-electron chi connectivity index (χ3n) is 4.45. The molecule has 0 atom stereocenters. The van der Waals surface area contributed by atoms with Crippen molar-refractivity contribution in [1.82, 2.24) is 9.55 Å². The molecule has 0 saturated carbocycles. The average molecular weight is 413 g/mol. The topological polar surface area (TPSA) is 101 Å². The number of aromatic amines is 1. The summed E-state index contributed by atoms with van der Waals surface area (Å²) in [7, 11) is 0. The molecule has 3 rings (SSSR count). The number of rotatable bonds is 6. The molecule has 0 radical (unpaired) electrons. The lowest BCUT2D eigenvalue weighted by molar-refractivity contribution is 0.0986. The smallest absolute Gasteiger partial charge is 0.330 e. The van der Waals surface area contributed by atoms with Gasteiger partial charge in [-0.3, -0.25) is 19.1 Å². The van der Waals surface area contributed by atoms with Crippen LogP contribution in [0.1, 0.15) is 29.3 Å². The van der Waals surface area contributed by atoms with Crippen molar-refractivity contribution in [3.63, 3.8) is 0 Å². The number of H-pyrrole nitrogens is 1. The van der Waals surface area contributed by atoms with E-state index in [0.717, 1.165) is 5.56 Å². The minimum absolute atomic E-state index is 0.0395. The van der Waals surface area contributed by atoms with Gasteiger partial charge >= 0.3 is 5.69 Å². The summed E-state index contributed by atoms with van der Waals surface area (Å²) < 4.78 is 1.25. The fourth-order valence-corrected chi connectivity index (χ4v) is 3.17. The van der Waals surface area contributed by atoms with Gasteiger partial charge in [0.2, 0.25) is 0 Å². The zero-order valence-electron chi connectivity index (χ0n) is 15.9. The largest absolute Gasteiger partial charge is 0.383 e. The molecule has 0 aliphatic carbocycles. The summed E-state index contributed by atoms with van der Waals surface area (Å²) in [5.41, 5.74) is 6.06. The highest BCUT2D eigenvalue weighted by Gasteiger charge is 2.24. The van der Waals surface area contributed by atoms with E-state index in [-0.39, 0.29) is 24.6 Å². The standard InChI is InChI=1S/C21H21ClN4O3/c1-2-12-25(20(28)15-8-10-16(22)11-9-15)17-18(23)26(21(29)24-19(17)27)13-14-6-4-3-5-7-14/h3-11H,2,12-13,23H2,1H3,(H,24,27,29). The Kier molecular flexibility index (Phi) is 6.19. The summed E-state index contributed by atoms with van der Waals surface area (Å²) in [6.45, 7) is 2.31. The van der Waals surface area contributed by atoms with Gasteiger partial charge in [-0.1, -0.05) is 48.9 Å². The Morgan fingerprint density at radius 3 is 2.38 bits per heavy atom. The van der Waals surface area contributed by atoms with Gasteiger partial charge in [0.15, 0.2) is 5.69 Å². The van der Waals surface area contributed by atoms with Gasteiger partial charge in [-0.25, -0.2) is 4.79 Å². The number of nitrogens with two attached hydrogens (primary N) is 1. The third-order valence-corrected chi connectivity index (χ3v) is 4.70. The van der Waals surface area contributed by atoms with Crippen LogP contribution in [0.15, 0.2) is 64.2 Å². The molecule has 8 heteroatoms. The molecular weight excluding hydrogens is 392 g/mol. The van der Waals surface area contributed by atoms with E-state index >= 15 is 0 Å². The van der Waals surface area contributed by atoms with Crippen LogP contribution in [0.25, 0.3) is 0 Å². The van der Waals surface area contributed by atoms with Crippen molar-refractivity contribution in [1.29, 1.82) is 0 Å². The van der Waals surface area contributed by atoms with Crippen LogP contribution in [0.2, 0.25) is 5.02 Å².